The van der Waals surface area contributed by atoms with Crippen LogP contribution in [-0.2, 0) is 71.4 Å². The molecule has 2 aliphatic rings. The molecule has 0 spiro atoms. The van der Waals surface area contributed by atoms with Gasteiger partial charge in [0, 0.05) is 41.5 Å². The molecule has 2 aliphatic heterocycles. The summed E-state index contributed by atoms with van der Waals surface area (Å²) in [5, 5.41) is -1.03. The zero-order chi connectivity index (χ0) is 30.3. The molecule has 2 rings (SSSR count). The van der Waals surface area contributed by atoms with E-state index in [9.17, 15) is 28.8 Å². The molecule has 10 atom stereocenters. The summed E-state index contributed by atoms with van der Waals surface area (Å²) in [6, 6.07) is 0. The molecule has 2 fully saturated rings. The highest BCUT2D eigenvalue weighted by atomic mass is 79.9. The van der Waals surface area contributed by atoms with Crippen molar-refractivity contribution in [3.05, 3.63) is 0 Å². The summed E-state index contributed by atoms with van der Waals surface area (Å²) in [4.78, 5) is 71.0. The molecule has 40 heavy (non-hydrogen) atoms. The van der Waals surface area contributed by atoms with Crippen LogP contribution < -0.4 is 0 Å². The maximum Gasteiger partial charge on any atom is 0.303 e. The minimum absolute atomic E-state index is 0.412. The van der Waals surface area contributed by atoms with Crippen molar-refractivity contribution in [2.24, 2.45) is 0 Å². The summed E-state index contributed by atoms with van der Waals surface area (Å²) in [7, 11) is 0. The Bertz CT molecular complexity index is 894. The maximum atomic E-state index is 11.9. The summed E-state index contributed by atoms with van der Waals surface area (Å²) >= 11 is 3.24. The predicted octanol–water partition coefficient (Wildman–Crippen LogP) is 0.458. The number of ether oxygens (including phenoxy) is 9. The van der Waals surface area contributed by atoms with E-state index >= 15 is 0 Å². The quantitative estimate of drug-likeness (QED) is 0.192. The van der Waals surface area contributed by atoms with Crippen LogP contribution in [0, 0.1) is 0 Å². The highest BCUT2D eigenvalue weighted by Crippen LogP contribution is 2.34. The average molecular weight is 641 g/mol. The molecule has 0 aliphatic carbocycles. The lowest BCUT2D eigenvalue weighted by Gasteiger charge is -2.45. The fraction of sp³-hybridized carbons (Fsp3) is 0.750. The molecule has 0 aromatic rings. The normalized spacial score (nSPS) is 33.6. The van der Waals surface area contributed by atoms with Crippen molar-refractivity contribution in [2.75, 3.05) is 6.61 Å². The number of hydrogen-bond acceptors (Lipinski definition) is 15. The zero-order valence-corrected chi connectivity index (χ0v) is 24.6. The summed E-state index contributed by atoms with van der Waals surface area (Å²) in [5.74, 6) is -4.44. The van der Waals surface area contributed by atoms with Crippen LogP contribution in [0.25, 0.3) is 0 Å². The largest absolute Gasteiger partial charge is 0.456 e. The van der Waals surface area contributed by atoms with Crippen molar-refractivity contribution < 1.29 is 71.4 Å². The van der Waals surface area contributed by atoms with Crippen LogP contribution in [0.2, 0.25) is 0 Å². The standard InChI is InChI=1S/C24H33BrO15/c1-9-17(34-10(2)26)19(36-12(4)28)22(39-15(7)31)24(33-9)32-8-16-18(35-11(3)27)20(37-13(5)29)21(23(25)40-16)38-14(6)30/h9,16-24H,8H2,1-7H3/t9-,16+,17-,18-,19+,20-,21+,22+,23-,24+/m0/s1. The van der Waals surface area contributed by atoms with Gasteiger partial charge >= 0.3 is 35.8 Å². The summed E-state index contributed by atoms with van der Waals surface area (Å²) < 4.78 is 49.5. The van der Waals surface area contributed by atoms with E-state index in [1.165, 1.54) is 6.92 Å². The molecule has 0 aromatic carbocycles. The molecule has 15 nitrogen and oxygen atoms in total. The smallest absolute Gasteiger partial charge is 0.303 e. The highest BCUT2D eigenvalue weighted by Gasteiger charge is 2.54. The molecule has 0 N–H and O–H groups in total. The molecular formula is C24H33BrO15. The van der Waals surface area contributed by atoms with Gasteiger partial charge in [-0.1, -0.05) is 15.9 Å². The first kappa shape index (κ1) is 33.4. The van der Waals surface area contributed by atoms with E-state index in [1.54, 1.807) is 0 Å². The van der Waals surface area contributed by atoms with Gasteiger partial charge in [0.05, 0.1) is 12.7 Å². The van der Waals surface area contributed by atoms with Crippen LogP contribution in [0.3, 0.4) is 0 Å². The first-order chi connectivity index (χ1) is 18.6. The number of esters is 6. The fourth-order valence-corrected chi connectivity index (χ4v) is 4.96. The van der Waals surface area contributed by atoms with E-state index in [4.69, 9.17) is 42.6 Å². The Labute approximate surface area is 238 Å². The van der Waals surface area contributed by atoms with Gasteiger partial charge in [0.2, 0.25) is 0 Å². The van der Waals surface area contributed by atoms with Crippen molar-refractivity contribution in [2.45, 2.75) is 109 Å². The Morgan fingerprint density at radius 1 is 0.550 bits per heavy atom. The molecule has 2 saturated heterocycles. The third-order valence-electron chi connectivity index (χ3n) is 5.54. The fourth-order valence-electron chi connectivity index (χ4n) is 4.27. The second kappa shape index (κ2) is 14.7. The van der Waals surface area contributed by atoms with Crippen LogP contribution in [0.15, 0.2) is 0 Å². The van der Waals surface area contributed by atoms with Crippen molar-refractivity contribution >= 4 is 51.7 Å². The summed E-state index contributed by atoms with van der Waals surface area (Å²) in [6.07, 6.45) is -11.1. The lowest BCUT2D eigenvalue weighted by molar-refractivity contribution is -0.311. The lowest BCUT2D eigenvalue weighted by atomic mass is 9.98. The minimum Gasteiger partial charge on any atom is -0.456 e. The van der Waals surface area contributed by atoms with Crippen molar-refractivity contribution in [3.63, 3.8) is 0 Å². The van der Waals surface area contributed by atoms with Gasteiger partial charge < -0.3 is 42.6 Å². The molecule has 2 heterocycles. The van der Waals surface area contributed by atoms with Crippen LogP contribution in [0.1, 0.15) is 48.5 Å². The third-order valence-corrected chi connectivity index (χ3v) is 6.28. The van der Waals surface area contributed by atoms with Gasteiger partial charge in [0.1, 0.15) is 6.10 Å². The monoisotopic (exact) mass is 640 g/mol. The molecule has 226 valence electrons. The van der Waals surface area contributed by atoms with Crippen LogP contribution in [-0.4, -0.2) is 103 Å². The van der Waals surface area contributed by atoms with Gasteiger partial charge in [-0.2, -0.15) is 0 Å². The molecule has 0 aromatic heterocycles. The summed E-state index contributed by atoms with van der Waals surface area (Å²) in [5.41, 5.74) is 0. The average Bonchev–Trinajstić information content (AvgIpc) is 2.79. The van der Waals surface area contributed by atoms with E-state index in [-0.39, 0.29) is 0 Å². The van der Waals surface area contributed by atoms with E-state index < -0.39 is 103 Å². The first-order valence-corrected chi connectivity index (χ1v) is 13.1. The number of hydrogen-bond donors (Lipinski definition) is 0. The zero-order valence-electron chi connectivity index (χ0n) is 23.0. The number of carbonyl (C=O) groups is 6. The van der Waals surface area contributed by atoms with Gasteiger partial charge in [-0.3, -0.25) is 28.8 Å². The van der Waals surface area contributed by atoms with Gasteiger partial charge in [-0.25, -0.2) is 0 Å². The molecule has 0 saturated carbocycles. The van der Waals surface area contributed by atoms with Crippen LogP contribution in [0.5, 0.6) is 0 Å². The lowest BCUT2D eigenvalue weighted by Crippen LogP contribution is -2.63. The van der Waals surface area contributed by atoms with E-state index in [0.29, 0.717) is 0 Å². The topological polar surface area (TPSA) is 185 Å². The molecule has 0 radical (unpaired) electrons. The van der Waals surface area contributed by atoms with Crippen LogP contribution in [0.4, 0.5) is 0 Å². The van der Waals surface area contributed by atoms with Crippen molar-refractivity contribution in [1.82, 2.24) is 0 Å². The Kier molecular flexibility index (Phi) is 12.3. The maximum absolute atomic E-state index is 11.9. The van der Waals surface area contributed by atoms with Gasteiger partial charge in [0.15, 0.2) is 47.9 Å². The SMILES string of the molecule is CC(=O)O[C@@H]1[C@@H](OC(C)=O)[C@@H](Br)O[C@H](CO[C@@H]2O[C@@H](C)[C@H](OC(C)=O)[C@@H](OC(C)=O)[C@H]2OC(C)=O)[C@@H]1OC(C)=O. The van der Waals surface area contributed by atoms with Crippen molar-refractivity contribution in [3.8, 4) is 0 Å². The Morgan fingerprint density at radius 2 is 0.925 bits per heavy atom. The second-order valence-corrected chi connectivity index (χ2v) is 9.92. The molecule has 0 bridgehead atoms. The predicted molar refractivity (Wildman–Crippen MR) is 131 cm³/mol. The highest BCUT2D eigenvalue weighted by molar-refractivity contribution is 9.09. The Balaban J connectivity index is 2.38. The Morgan fingerprint density at radius 3 is 1.40 bits per heavy atom. The number of halogens is 1. The van der Waals surface area contributed by atoms with Gasteiger partial charge in [-0.15, -0.1) is 0 Å². The van der Waals surface area contributed by atoms with Gasteiger partial charge in [-0.05, 0) is 6.92 Å². The molecule has 16 heteroatoms. The molecule has 0 amide bonds. The third kappa shape index (κ3) is 9.38. The Hall–Kier alpha value is -2.82. The molecular weight excluding hydrogens is 608 g/mol. The molecule has 0 unspecified atom stereocenters. The minimum atomic E-state index is -1.39. The number of alkyl halides is 1. The van der Waals surface area contributed by atoms with E-state index in [2.05, 4.69) is 15.9 Å². The summed E-state index contributed by atoms with van der Waals surface area (Å²) in [6.45, 7) is 7.87. The van der Waals surface area contributed by atoms with E-state index in [0.717, 1.165) is 41.5 Å². The van der Waals surface area contributed by atoms with Gasteiger partial charge in [0.25, 0.3) is 0 Å². The van der Waals surface area contributed by atoms with Crippen LogP contribution >= 0.6 is 15.9 Å². The number of rotatable bonds is 9. The number of carbonyl (C=O) groups excluding carboxylic acids is 6. The van der Waals surface area contributed by atoms with E-state index in [1.807, 2.05) is 0 Å². The second-order valence-electron chi connectivity index (χ2n) is 9.01. The van der Waals surface area contributed by atoms with Crippen molar-refractivity contribution in [1.29, 1.82) is 0 Å². The first-order valence-electron chi connectivity index (χ1n) is 12.2.